The molecule has 0 aromatic heterocycles. The summed E-state index contributed by atoms with van der Waals surface area (Å²) in [6, 6.07) is 5.08. The maximum atomic E-state index is 12.9. The molecule has 1 aromatic carbocycles. The van der Waals surface area contributed by atoms with Crippen molar-refractivity contribution in [1.82, 2.24) is 10.2 Å². The van der Waals surface area contributed by atoms with E-state index in [4.69, 9.17) is 16.3 Å². The van der Waals surface area contributed by atoms with Crippen LogP contribution in [-0.2, 0) is 4.74 Å². The minimum absolute atomic E-state index is 0.192. The van der Waals surface area contributed by atoms with Gasteiger partial charge in [-0.15, -0.1) is 0 Å². The molecule has 0 aliphatic rings. The van der Waals surface area contributed by atoms with Crippen LogP contribution in [0.3, 0.4) is 0 Å². The van der Waals surface area contributed by atoms with Gasteiger partial charge in [-0.3, -0.25) is 4.79 Å². The number of nitrogens with one attached hydrogen (secondary N) is 1. The van der Waals surface area contributed by atoms with E-state index in [-0.39, 0.29) is 5.91 Å². The Morgan fingerprint density at radius 1 is 1.15 bits per heavy atom. The van der Waals surface area contributed by atoms with Crippen molar-refractivity contribution in [1.29, 1.82) is 0 Å². The first kappa shape index (κ1) is 28.7. The minimum Gasteiger partial charge on any atom is -0.457 e. The first-order valence-electron chi connectivity index (χ1n) is 11.9. The molecule has 0 radical (unpaired) electrons. The van der Waals surface area contributed by atoms with Gasteiger partial charge in [0.25, 0.3) is 5.91 Å². The number of unbranched alkanes of at least 4 members (excludes halogenated alkanes) is 2. The Kier molecular flexibility index (Phi) is 14.1. The third-order valence-corrected chi connectivity index (χ3v) is 5.33. The average molecular weight is 474 g/mol. The lowest BCUT2D eigenvalue weighted by atomic mass is 10.1. The van der Waals surface area contributed by atoms with E-state index in [2.05, 4.69) is 42.2 Å². The van der Waals surface area contributed by atoms with Crippen LogP contribution in [0.2, 0.25) is 5.02 Å². The summed E-state index contributed by atoms with van der Waals surface area (Å²) >= 11 is 6.17. The number of benzene rings is 1. The number of aliphatic imine (C=N–C) groups is 1. The van der Waals surface area contributed by atoms with Gasteiger partial charge in [-0.2, -0.15) is 0 Å². The third-order valence-electron chi connectivity index (χ3n) is 5.09. The van der Waals surface area contributed by atoms with Gasteiger partial charge in [0.05, 0.1) is 17.0 Å². The first-order valence-corrected chi connectivity index (χ1v) is 12.2. The zero-order valence-corrected chi connectivity index (χ0v) is 21.5. The molecular formula is C27H40ClN3O2. The second-order valence-electron chi connectivity index (χ2n) is 8.01. The molecule has 1 aromatic rings. The molecule has 0 fully saturated rings. The topological polar surface area (TPSA) is 53.9 Å². The van der Waals surface area contributed by atoms with E-state index >= 15 is 0 Å². The standard InChI is InChI=1S/C27H40ClN3O2/c1-7-10-17-31(18-11-8-2)19-12-16-29-27(32)25-20-24(28)14-15-26(25)30-22(5)23(6)33-21(4)13-9-3/h9,13-15,20H,4,6-8,10-12,16-19H2,1-3,5H3,(H,29,32). The van der Waals surface area contributed by atoms with E-state index in [0.29, 0.717) is 40.0 Å². The number of ether oxygens (including phenoxy) is 1. The lowest BCUT2D eigenvalue weighted by Gasteiger charge is -2.22. The number of carbonyl (C=O) groups is 1. The van der Waals surface area contributed by atoms with Crippen molar-refractivity contribution in [3.05, 3.63) is 65.6 Å². The highest BCUT2D eigenvalue weighted by atomic mass is 35.5. The van der Waals surface area contributed by atoms with Crippen molar-refractivity contribution in [2.24, 2.45) is 4.99 Å². The molecule has 0 saturated heterocycles. The molecule has 182 valence electrons. The molecule has 6 heteroatoms. The van der Waals surface area contributed by atoms with Gasteiger partial charge in [0.2, 0.25) is 0 Å². The van der Waals surface area contributed by atoms with Gasteiger partial charge in [-0.25, -0.2) is 4.99 Å². The van der Waals surface area contributed by atoms with Crippen molar-refractivity contribution in [3.63, 3.8) is 0 Å². The summed E-state index contributed by atoms with van der Waals surface area (Å²) in [6.45, 7) is 19.6. The first-order chi connectivity index (χ1) is 15.8. The van der Waals surface area contributed by atoms with E-state index in [9.17, 15) is 4.79 Å². The Morgan fingerprint density at radius 2 is 1.79 bits per heavy atom. The predicted octanol–water partition coefficient (Wildman–Crippen LogP) is 7.07. The molecule has 0 unspecified atom stereocenters. The number of carbonyl (C=O) groups excluding carboxylic acids is 1. The highest BCUT2D eigenvalue weighted by molar-refractivity contribution is 6.31. The van der Waals surface area contributed by atoms with Gasteiger partial charge >= 0.3 is 0 Å². The molecule has 0 atom stereocenters. The van der Waals surface area contributed by atoms with Crippen molar-refractivity contribution in [3.8, 4) is 0 Å². The summed E-state index contributed by atoms with van der Waals surface area (Å²) in [7, 11) is 0. The normalized spacial score (nSPS) is 11.8. The summed E-state index contributed by atoms with van der Waals surface area (Å²) < 4.78 is 5.57. The second kappa shape index (κ2) is 16.3. The smallest absolute Gasteiger partial charge is 0.253 e. The quantitative estimate of drug-likeness (QED) is 0.121. The lowest BCUT2D eigenvalue weighted by Crippen LogP contribution is -2.31. The van der Waals surface area contributed by atoms with Gasteiger partial charge in [0.15, 0.2) is 0 Å². The molecular weight excluding hydrogens is 434 g/mol. The van der Waals surface area contributed by atoms with Crippen LogP contribution in [-0.4, -0.2) is 42.7 Å². The largest absolute Gasteiger partial charge is 0.457 e. The third kappa shape index (κ3) is 11.4. The fourth-order valence-electron chi connectivity index (χ4n) is 3.18. The van der Waals surface area contributed by atoms with Crippen LogP contribution in [0.4, 0.5) is 5.69 Å². The summed E-state index contributed by atoms with van der Waals surface area (Å²) in [5.41, 5.74) is 1.50. The van der Waals surface area contributed by atoms with E-state index in [1.54, 1.807) is 31.2 Å². The Morgan fingerprint density at radius 3 is 2.39 bits per heavy atom. The SMILES string of the molecule is C=C(C=CC)OC(=C)C(C)=Nc1ccc(Cl)cc1C(=O)NCCCN(CCCC)CCCC. The fourth-order valence-corrected chi connectivity index (χ4v) is 3.35. The second-order valence-corrected chi connectivity index (χ2v) is 8.44. The Balaban J connectivity index is 2.78. The van der Waals surface area contributed by atoms with E-state index in [1.807, 2.05) is 13.0 Å². The average Bonchev–Trinajstić information content (AvgIpc) is 2.78. The van der Waals surface area contributed by atoms with Gasteiger partial charge in [-0.05, 0) is 77.0 Å². The van der Waals surface area contributed by atoms with Gasteiger partial charge in [0.1, 0.15) is 11.5 Å². The molecule has 0 bridgehead atoms. The van der Waals surface area contributed by atoms with E-state index < -0.39 is 0 Å². The van der Waals surface area contributed by atoms with Crippen LogP contribution in [0.1, 0.15) is 70.2 Å². The zero-order valence-electron chi connectivity index (χ0n) is 20.8. The Bertz CT molecular complexity index is 838. The Labute approximate surface area is 205 Å². The van der Waals surface area contributed by atoms with Crippen LogP contribution in [0, 0.1) is 0 Å². The molecule has 33 heavy (non-hydrogen) atoms. The predicted molar refractivity (Wildman–Crippen MR) is 142 cm³/mol. The molecule has 0 saturated carbocycles. The maximum Gasteiger partial charge on any atom is 0.253 e. The highest BCUT2D eigenvalue weighted by Crippen LogP contribution is 2.24. The van der Waals surface area contributed by atoms with Crippen LogP contribution >= 0.6 is 11.6 Å². The maximum absolute atomic E-state index is 12.9. The van der Waals surface area contributed by atoms with E-state index in [1.165, 1.54) is 25.7 Å². The number of allylic oxidation sites excluding steroid dienone is 3. The molecule has 1 rings (SSSR count). The minimum atomic E-state index is -0.192. The summed E-state index contributed by atoms with van der Waals surface area (Å²) in [4.78, 5) is 19.9. The fraction of sp³-hybridized carbons (Fsp3) is 0.481. The molecule has 0 aliphatic heterocycles. The number of hydrogen-bond acceptors (Lipinski definition) is 4. The number of halogens is 1. The Hall–Kier alpha value is -2.37. The van der Waals surface area contributed by atoms with Crippen LogP contribution < -0.4 is 5.32 Å². The van der Waals surface area contributed by atoms with Crippen molar-refractivity contribution in [2.75, 3.05) is 26.2 Å². The van der Waals surface area contributed by atoms with E-state index in [0.717, 1.165) is 26.1 Å². The zero-order chi connectivity index (χ0) is 24.6. The monoisotopic (exact) mass is 473 g/mol. The highest BCUT2D eigenvalue weighted by Gasteiger charge is 2.13. The molecule has 1 amide bonds. The van der Waals surface area contributed by atoms with Gasteiger partial charge in [-0.1, -0.05) is 57.5 Å². The summed E-state index contributed by atoms with van der Waals surface area (Å²) in [5, 5.41) is 3.50. The molecule has 0 aliphatic carbocycles. The summed E-state index contributed by atoms with van der Waals surface area (Å²) in [6.07, 6.45) is 9.26. The van der Waals surface area contributed by atoms with Crippen LogP contribution in [0.5, 0.6) is 0 Å². The van der Waals surface area contributed by atoms with Crippen LogP contribution in [0.25, 0.3) is 0 Å². The number of nitrogens with zero attached hydrogens (tertiary/aromatic N) is 2. The molecule has 0 spiro atoms. The lowest BCUT2D eigenvalue weighted by molar-refractivity contribution is 0.0952. The van der Waals surface area contributed by atoms with Crippen molar-refractivity contribution in [2.45, 2.75) is 59.8 Å². The van der Waals surface area contributed by atoms with Gasteiger partial charge in [0, 0.05) is 11.6 Å². The summed E-state index contributed by atoms with van der Waals surface area (Å²) in [5.74, 6) is 0.652. The van der Waals surface area contributed by atoms with Gasteiger partial charge < -0.3 is 15.0 Å². The molecule has 1 N–H and O–H groups in total. The van der Waals surface area contributed by atoms with Crippen LogP contribution in [0.15, 0.2) is 60.0 Å². The number of rotatable bonds is 16. The number of amides is 1. The van der Waals surface area contributed by atoms with Crippen molar-refractivity contribution >= 4 is 28.9 Å². The number of hydrogen-bond donors (Lipinski definition) is 1. The molecule has 5 nitrogen and oxygen atoms in total. The van der Waals surface area contributed by atoms with Crippen molar-refractivity contribution < 1.29 is 9.53 Å². The molecule has 0 heterocycles.